The fourth-order valence-electron chi connectivity index (χ4n) is 2.56. The van der Waals surface area contributed by atoms with Gasteiger partial charge in [0, 0.05) is 24.1 Å². The Morgan fingerprint density at radius 3 is 2.84 bits per heavy atom. The van der Waals surface area contributed by atoms with Gasteiger partial charge >= 0.3 is 5.97 Å². The predicted octanol–water partition coefficient (Wildman–Crippen LogP) is 2.61. The van der Waals surface area contributed by atoms with Crippen LogP contribution in [0.3, 0.4) is 0 Å². The molecule has 2 unspecified atom stereocenters. The van der Waals surface area contributed by atoms with E-state index in [1.54, 1.807) is 7.11 Å². The van der Waals surface area contributed by atoms with Gasteiger partial charge in [0.25, 0.3) is 0 Å². The van der Waals surface area contributed by atoms with Gasteiger partial charge in [-0.15, -0.1) is 0 Å². The number of rotatable bonds is 4. The van der Waals surface area contributed by atoms with Crippen molar-refractivity contribution in [2.24, 2.45) is 11.8 Å². The second kappa shape index (κ2) is 5.92. The van der Waals surface area contributed by atoms with Gasteiger partial charge in [-0.05, 0) is 29.7 Å². The summed E-state index contributed by atoms with van der Waals surface area (Å²) in [6.45, 7) is 4.17. The van der Waals surface area contributed by atoms with E-state index in [4.69, 9.17) is 9.84 Å². The number of likely N-dealkylation sites (tertiary alicyclic amines) is 1. The van der Waals surface area contributed by atoms with Crippen molar-refractivity contribution in [2.45, 2.75) is 13.5 Å². The molecule has 2 atom stereocenters. The first-order valence-corrected chi connectivity index (χ1v) is 7.08. The molecule has 1 fully saturated rings. The van der Waals surface area contributed by atoms with Crippen LogP contribution in [0, 0.1) is 11.8 Å². The van der Waals surface area contributed by atoms with Gasteiger partial charge in [-0.3, -0.25) is 9.69 Å². The first-order valence-electron chi connectivity index (χ1n) is 6.29. The maximum Gasteiger partial charge on any atom is 0.308 e. The van der Waals surface area contributed by atoms with Crippen LogP contribution in [0.4, 0.5) is 0 Å². The molecular weight excluding hydrogens is 310 g/mol. The zero-order valence-electron chi connectivity index (χ0n) is 11.1. The Morgan fingerprint density at radius 2 is 2.26 bits per heavy atom. The molecule has 0 amide bonds. The average molecular weight is 328 g/mol. The molecule has 4 nitrogen and oxygen atoms in total. The molecule has 0 saturated carbocycles. The van der Waals surface area contributed by atoms with E-state index >= 15 is 0 Å². The molecule has 0 aliphatic carbocycles. The maximum absolute atomic E-state index is 11.1. The van der Waals surface area contributed by atoms with Crippen molar-refractivity contribution in [3.05, 3.63) is 28.2 Å². The first-order chi connectivity index (χ1) is 9.01. The van der Waals surface area contributed by atoms with E-state index in [-0.39, 0.29) is 11.8 Å². The summed E-state index contributed by atoms with van der Waals surface area (Å²) in [5.74, 6) is 0.0613. The smallest absolute Gasteiger partial charge is 0.308 e. The molecular formula is C14H18BrNO3. The van der Waals surface area contributed by atoms with Gasteiger partial charge in [0.15, 0.2) is 0 Å². The lowest BCUT2D eigenvalue weighted by Gasteiger charge is -2.17. The van der Waals surface area contributed by atoms with Crippen molar-refractivity contribution in [1.82, 2.24) is 4.90 Å². The number of halogens is 1. The van der Waals surface area contributed by atoms with Crippen LogP contribution in [0.5, 0.6) is 5.75 Å². The molecule has 5 heteroatoms. The summed E-state index contributed by atoms with van der Waals surface area (Å²) in [7, 11) is 1.64. The molecule has 1 saturated heterocycles. The lowest BCUT2D eigenvalue weighted by molar-refractivity contribution is -0.142. The standard InChI is InChI=1S/C14H18BrNO3/c1-9-6-16(8-12(9)14(17)18)7-10-5-11(19-2)3-4-13(10)15/h3-5,9,12H,6-8H2,1-2H3,(H,17,18). The predicted molar refractivity (Wildman–Crippen MR) is 76.3 cm³/mol. The Morgan fingerprint density at radius 1 is 1.53 bits per heavy atom. The Balaban J connectivity index is 2.08. The van der Waals surface area contributed by atoms with Crippen LogP contribution in [-0.2, 0) is 11.3 Å². The van der Waals surface area contributed by atoms with Crippen LogP contribution in [0.2, 0.25) is 0 Å². The summed E-state index contributed by atoms with van der Waals surface area (Å²) in [4.78, 5) is 13.3. The van der Waals surface area contributed by atoms with Crippen molar-refractivity contribution in [3.63, 3.8) is 0 Å². The number of ether oxygens (including phenoxy) is 1. The lowest BCUT2D eigenvalue weighted by atomic mass is 9.99. The third-order valence-electron chi connectivity index (χ3n) is 3.65. The molecule has 1 aliphatic heterocycles. The third-order valence-corrected chi connectivity index (χ3v) is 4.43. The largest absolute Gasteiger partial charge is 0.497 e. The number of nitrogens with zero attached hydrogens (tertiary/aromatic N) is 1. The Hall–Kier alpha value is -1.07. The minimum atomic E-state index is -0.695. The molecule has 1 aliphatic rings. The van der Waals surface area contributed by atoms with Gasteiger partial charge in [-0.25, -0.2) is 0 Å². The zero-order chi connectivity index (χ0) is 14.0. The van der Waals surface area contributed by atoms with Crippen molar-refractivity contribution < 1.29 is 14.6 Å². The highest BCUT2D eigenvalue weighted by Gasteiger charge is 2.34. The number of methoxy groups -OCH3 is 1. The third kappa shape index (κ3) is 3.28. The molecule has 1 aromatic rings. The van der Waals surface area contributed by atoms with Crippen molar-refractivity contribution >= 4 is 21.9 Å². The average Bonchev–Trinajstić information content (AvgIpc) is 2.73. The van der Waals surface area contributed by atoms with Gasteiger partial charge in [0.2, 0.25) is 0 Å². The SMILES string of the molecule is COc1ccc(Br)c(CN2CC(C)C(C(=O)O)C2)c1. The second-order valence-corrected chi connectivity index (χ2v) is 5.93. The summed E-state index contributed by atoms with van der Waals surface area (Å²) in [6, 6.07) is 5.85. The minimum absolute atomic E-state index is 0.196. The van der Waals surface area contributed by atoms with Crippen LogP contribution < -0.4 is 4.74 Å². The van der Waals surface area contributed by atoms with Crippen LogP contribution in [0.15, 0.2) is 22.7 Å². The van der Waals surface area contributed by atoms with E-state index in [0.717, 1.165) is 28.9 Å². The number of carboxylic acid groups (broad SMARTS) is 1. The van der Waals surface area contributed by atoms with E-state index < -0.39 is 5.97 Å². The summed E-state index contributed by atoms with van der Waals surface area (Å²) in [6.07, 6.45) is 0. The fourth-order valence-corrected chi connectivity index (χ4v) is 2.93. The number of benzene rings is 1. The van der Waals surface area contributed by atoms with Crippen LogP contribution in [0.1, 0.15) is 12.5 Å². The molecule has 2 rings (SSSR count). The fraction of sp³-hybridized carbons (Fsp3) is 0.500. The van der Waals surface area contributed by atoms with Gasteiger partial charge in [0.1, 0.15) is 5.75 Å². The zero-order valence-corrected chi connectivity index (χ0v) is 12.7. The Labute approximate surface area is 121 Å². The van der Waals surface area contributed by atoms with E-state index in [1.807, 2.05) is 25.1 Å². The minimum Gasteiger partial charge on any atom is -0.497 e. The van der Waals surface area contributed by atoms with Crippen molar-refractivity contribution in [1.29, 1.82) is 0 Å². The molecule has 19 heavy (non-hydrogen) atoms. The van der Waals surface area contributed by atoms with Crippen molar-refractivity contribution in [2.75, 3.05) is 20.2 Å². The van der Waals surface area contributed by atoms with Gasteiger partial charge in [0.05, 0.1) is 13.0 Å². The topological polar surface area (TPSA) is 49.8 Å². The van der Waals surface area contributed by atoms with Gasteiger partial charge in [-0.1, -0.05) is 22.9 Å². The van der Waals surface area contributed by atoms with Crippen LogP contribution in [0.25, 0.3) is 0 Å². The molecule has 104 valence electrons. The maximum atomic E-state index is 11.1. The summed E-state index contributed by atoms with van der Waals surface area (Å²) in [5, 5.41) is 9.15. The van der Waals surface area contributed by atoms with Gasteiger partial charge < -0.3 is 9.84 Å². The number of carbonyl (C=O) groups is 1. The van der Waals surface area contributed by atoms with Crippen LogP contribution in [-0.4, -0.2) is 36.2 Å². The summed E-state index contributed by atoms with van der Waals surface area (Å²) in [5.41, 5.74) is 1.12. The molecule has 0 bridgehead atoms. The number of hydrogen-bond donors (Lipinski definition) is 1. The normalized spacial score (nSPS) is 23.5. The highest BCUT2D eigenvalue weighted by atomic mass is 79.9. The van der Waals surface area contributed by atoms with Gasteiger partial charge in [-0.2, -0.15) is 0 Å². The van der Waals surface area contributed by atoms with E-state index in [0.29, 0.717) is 6.54 Å². The number of hydrogen-bond acceptors (Lipinski definition) is 3. The monoisotopic (exact) mass is 327 g/mol. The highest BCUT2D eigenvalue weighted by Crippen LogP contribution is 2.28. The number of carboxylic acids is 1. The molecule has 1 heterocycles. The van der Waals surface area contributed by atoms with Crippen LogP contribution >= 0.6 is 15.9 Å². The lowest BCUT2D eigenvalue weighted by Crippen LogP contribution is -2.23. The Bertz CT molecular complexity index is 478. The van der Waals surface area contributed by atoms with Crippen molar-refractivity contribution in [3.8, 4) is 5.75 Å². The molecule has 1 N–H and O–H groups in total. The molecule has 1 aromatic carbocycles. The molecule has 0 spiro atoms. The number of aliphatic carboxylic acids is 1. The van der Waals surface area contributed by atoms with E-state index in [1.165, 1.54) is 0 Å². The first kappa shape index (κ1) is 14.3. The van der Waals surface area contributed by atoms with E-state index in [9.17, 15) is 4.79 Å². The summed E-state index contributed by atoms with van der Waals surface area (Å²) >= 11 is 3.53. The summed E-state index contributed by atoms with van der Waals surface area (Å²) < 4.78 is 6.25. The Kier molecular flexibility index (Phi) is 4.47. The highest BCUT2D eigenvalue weighted by molar-refractivity contribution is 9.10. The second-order valence-electron chi connectivity index (χ2n) is 5.07. The van der Waals surface area contributed by atoms with E-state index in [2.05, 4.69) is 20.8 Å². The quantitative estimate of drug-likeness (QED) is 0.923. The molecule has 0 radical (unpaired) electrons. The molecule has 0 aromatic heterocycles.